The van der Waals surface area contributed by atoms with Crippen molar-refractivity contribution in [1.82, 2.24) is 4.57 Å². The lowest BCUT2D eigenvalue weighted by Crippen LogP contribution is -2.28. The highest BCUT2D eigenvalue weighted by Crippen LogP contribution is 2.29. The number of pyridine rings is 1. The van der Waals surface area contributed by atoms with E-state index in [0.29, 0.717) is 12.3 Å². The van der Waals surface area contributed by atoms with Gasteiger partial charge in [-0.2, -0.15) is 13.2 Å². The summed E-state index contributed by atoms with van der Waals surface area (Å²) in [6, 6.07) is 2.46. The smallest absolute Gasteiger partial charge is 0.366 e. The van der Waals surface area contributed by atoms with Gasteiger partial charge in [0.1, 0.15) is 11.4 Å². The number of hydrogen-bond donors (Lipinski definition) is 1. The number of benzene rings is 1. The van der Waals surface area contributed by atoms with Crippen LogP contribution in [0.2, 0.25) is 0 Å². The van der Waals surface area contributed by atoms with E-state index in [1.54, 1.807) is 0 Å². The normalized spacial score (nSPS) is 11.3. The third-order valence-corrected chi connectivity index (χ3v) is 3.02. The van der Waals surface area contributed by atoms with Crippen LogP contribution in [0.1, 0.15) is 15.9 Å². The second-order valence-corrected chi connectivity index (χ2v) is 4.57. The molecule has 0 saturated heterocycles. The Morgan fingerprint density at radius 3 is 2.33 bits per heavy atom. The first-order valence-electron chi connectivity index (χ1n) is 6.10. The fourth-order valence-corrected chi connectivity index (χ4v) is 1.92. The molecule has 1 aromatic carbocycles. The van der Waals surface area contributed by atoms with E-state index in [0.717, 1.165) is 12.1 Å². The monoisotopic (exact) mass is 345 g/mol. The van der Waals surface area contributed by atoms with E-state index in [4.69, 9.17) is 5.73 Å². The number of rotatable bonds is 3. The molecule has 126 valence electrons. The Morgan fingerprint density at radius 2 is 1.88 bits per heavy atom. The summed E-state index contributed by atoms with van der Waals surface area (Å²) in [4.78, 5) is 32.5. The van der Waals surface area contributed by atoms with Gasteiger partial charge in [0.25, 0.3) is 17.2 Å². The van der Waals surface area contributed by atoms with Crippen molar-refractivity contribution in [3.05, 3.63) is 67.9 Å². The molecule has 2 N–H and O–H groups in total. The van der Waals surface area contributed by atoms with Crippen LogP contribution in [0, 0.1) is 15.9 Å². The number of hydrogen-bond acceptors (Lipinski definition) is 4. The summed E-state index contributed by atoms with van der Waals surface area (Å²) < 4.78 is 52.6. The summed E-state index contributed by atoms with van der Waals surface area (Å²) >= 11 is 0. The first kappa shape index (κ1) is 17.1. The van der Waals surface area contributed by atoms with Gasteiger partial charge in [0.05, 0.1) is 22.4 Å². The number of nitrogens with zero attached hydrogens (tertiary/aromatic N) is 2. The molecule has 0 aliphatic carbocycles. The molecule has 0 bridgehead atoms. The third-order valence-electron chi connectivity index (χ3n) is 3.02. The Morgan fingerprint density at radius 1 is 1.25 bits per heavy atom. The third kappa shape index (κ3) is 3.09. The number of amides is 1. The van der Waals surface area contributed by atoms with Gasteiger partial charge in [0.15, 0.2) is 0 Å². The van der Waals surface area contributed by atoms with Crippen LogP contribution in [0.15, 0.2) is 35.3 Å². The predicted octanol–water partition coefficient (Wildman–Crippen LogP) is 2.00. The maximum Gasteiger partial charge on any atom is 0.421 e. The van der Waals surface area contributed by atoms with E-state index in [-0.39, 0.29) is 10.6 Å². The van der Waals surface area contributed by atoms with Crippen molar-refractivity contribution in [2.75, 3.05) is 0 Å². The lowest BCUT2D eigenvalue weighted by atomic mass is 10.1. The minimum Gasteiger partial charge on any atom is -0.366 e. The SMILES string of the molecule is NC(=O)c1ccc(-n2cc([N+](=O)[O-])cc(C(F)(F)F)c2=O)cc1F. The van der Waals surface area contributed by atoms with Gasteiger partial charge in [-0.3, -0.25) is 24.3 Å². The molecule has 0 unspecified atom stereocenters. The van der Waals surface area contributed by atoms with Crippen molar-refractivity contribution in [1.29, 1.82) is 0 Å². The minimum atomic E-state index is -5.14. The van der Waals surface area contributed by atoms with Crippen LogP contribution in [0.4, 0.5) is 23.2 Å². The summed E-state index contributed by atoms with van der Waals surface area (Å²) in [5, 5.41) is 10.8. The lowest BCUT2D eigenvalue weighted by molar-refractivity contribution is -0.385. The van der Waals surface area contributed by atoms with Crippen LogP contribution in [0.5, 0.6) is 0 Å². The fourth-order valence-electron chi connectivity index (χ4n) is 1.92. The van der Waals surface area contributed by atoms with E-state index in [1.807, 2.05) is 0 Å². The van der Waals surface area contributed by atoms with Crippen molar-refractivity contribution in [2.24, 2.45) is 5.73 Å². The highest BCUT2D eigenvalue weighted by molar-refractivity contribution is 5.93. The molecule has 0 spiro atoms. The van der Waals surface area contributed by atoms with Crippen LogP contribution < -0.4 is 11.3 Å². The van der Waals surface area contributed by atoms with Gasteiger partial charge in [-0.05, 0) is 18.2 Å². The second-order valence-electron chi connectivity index (χ2n) is 4.57. The first-order chi connectivity index (χ1) is 11.0. The first-order valence-corrected chi connectivity index (χ1v) is 6.10. The topological polar surface area (TPSA) is 108 Å². The molecule has 24 heavy (non-hydrogen) atoms. The van der Waals surface area contributed by atoms with E-state index in [9.17, 15) is 37.3 Å². The van der Waals surface area contributed by atoms with Crippen molar-refractivity contribution in [2.45, 2.75) is 6.18 Å². The zero-order valence-corrected chi connectivity index (χ0v) is 11.5. The van der Waals surface area contributed by atoms with Crippen LogP contribution in [0.25, 0.3) is 5.69 Å². The molecule has 0 radical (unpaired) electrons. The largest absolute Gasteiger partial charge is 0.421 e. The Kier molecular flexibility index (Phi) is 4.11. The van der Waals surface area contributed by atoms with Gasteiger partial charge < -0.3 is 5.73 Å². The number of nitro groups is 1. The molecular weight excluding hydrogens is 338 g/mol. The predicted molar refractivity (Wildman–Crippen MR) is 72.2 cm³/mol. The molecule has 1 amide bonds. The summed E-state index contributed by atoms with van der Waals surface area (Å²) in [6.45, 7) is 0. The second kappa shape index (κ2) is 5.76. The molecule has 1 heterocycles. The number of carbonyl (C=O) groups is 1. The van der Waals surface area contributed by atoms with E-state index in [2.05, 4.69) is 0 Å². The standard InChI is InChI=1S/C13H7F4N3O4/c14-10-4-6(1-2-8(10)11(18)21)19-5-7(20(23)24)3-9(12(19)22)13(15,16)17/h1-5H,(H2,18,21). The maximum absolute atomic E-state index is 13.7. The number of alkyl halides is 3. The van der Waals surface area contributed by atoms with Crippen LogP contribution >= 0.6 is 0 Å². The summed E-state index contributed by atoms with van der Waals surface area (Å²) in [6.07, 6.45) is -4.62. The molecule has 0 saturated carbocycles. The molecule has 0 fully saturated rings. The van der Waals surface area contributed by atoms with Gasteiger partial charge in [0.2, 0.25) is 0 Å². The Hall–Kier alpha value is -3.24. The van der Waals surface area contributed by atoms with Crippen molar-refractivity contribution >= 4 is 11.6 Å². The van der Waals surface area contributed by atoms with Crippen molar-refractivity contribution in [3.63, 3.8) is 0 Å². The van der Waals surface area contributed by atoms with Gasteiger partial charge in [-0.15, -0.1) is 0 Å². The number of primary amides is 1. The molecule has 2 rings (SSSR count). The average Bonchev–Trinajstić information content (AvgIpc) is 2.45. The molecule has 0 aliphatic rings. The van der Waals surface area contributed by atoms with E-state index >= 15 is 0 Å². The highest BCUT2D eigenvalue weighted by atomic mass is 19.4. The van der Waals surface area contributed by atoms with Crippen molar-refractivity contribution < 1.29 is 27.3 Å². The fraction of sp³-hybridized carbons (Fsp3) is 0.0769. The molecule has 0 aliphatic heterocycles. The Labute approximate surface area is 130 Å². The molecule has 0 atom stereocenters. The lowest BCUT2D eigenvalue weighted by Gasteiger charge is -2.11. The Balaban J connectivity index is 2.77. The van der Waals surface area contributed by atoms with E-state index in [1.165, 1.54) is 0 Å². The zero-order chi connectivity index (χ0) is 18.2. The van der Waals surface area contributed by atoms with Gasteiger partial charge in [0, 0.05) is 6.07 Å². The number of aromatic nitrogens is 1. The molecule has 7 nitrogen and oxygen atoms in total. The molecule has 11 heteroatoms. The van der Waals surface area contributed by atoms with Crippen LogP contribution in [-0.4, -0.2) is 15.4 Å². The molecule has 2 aromatic rings. The number of carbonyl (C=O) groups excluding carboxylic acids is 1. The molecular formula is C13H7F4N3O4. The van der Waals surface area contributed by atoms with E-state index < -0.39 is 50.9 Å². The zero-order valence-electron chi connectivity index (χ0n) is 11.5. The average molecular weight is 345 g/mol. The molecule has 1 aromatic heterocycles. The highest BCUT2D eigenvalue weighted by Gasteiger charge is 2.36. The minimum absolute atomic E-state index is 0.0902. The summed E-state index contributed by atoms with van der Waals surface area (Å²) in [7, 11) is 0. The van der Waals surface area contributed by atoms with Crippen molar-refractivity contribution in [3.8, 4) is 5.69 Å². The number of halogens is 4. The van der Waals surface area contributed by atoms with Crippen LogP contribution in [-0.2, 0) is 6.18 Å². The van der Waals surface area contributed by atoms with Gasteiger partial charge >= 0.3 is 6.18 Å². The summed E-state index contributed by atoms with van der Waals surface area (Å²) in [5.74, 6) is -2.31. The Bertz CT molecular complexity index is 905. The van der Waals surface area contributed by atoms with Crippen LogP contribution in [0.3, 0.4) is 0 Å². The van der Waals surface area contributed by atoms with Gasteiger partial charge in [-0.25, -0.2) is 4.39 Å². The number of nitrogens with two attached hydrogens (primary N) is 1. The maximum atomic E-state index is 13.7. The van der Waals surface area contributed by atoms with Gasteiger partial charge in [-0.1, -0.05) is 0 Å². The summed E-state index contributed by atoms with van der Waals surface area (Å²) in [5.41, 5.74) is -0.508. The quantitative estimate of drug-likeness (QED) is 0.521.